The minimum absolute atomic E-state index is 0.00418. The van der Waals surface area contributed by atoms with Crippen molar-refractivity contribution in [3.63, 3.8) is 0 Å². The van der Waals surface area contributed by atoms with E-state index in [9.17, 15) is 4.79 Å². The number of carbonyl (C=O) groups excluding carboxylic acids is 1. The lowest BCUT2D eigenvalue weighted by Gasteiger charge is -2.26. The summed E-state index contributed by atoms with van der Waals surface area (Å²) in [5, 5.41) is 7.82. The second-order valence-electron chi connectivity index (χ2n) is 8.55. The van der Waals surface area contributed by atoms with Gasteiger partial charge in [-0.2, -0.15) is 5.10 Å². The van der Waals surface area contributed by atoms with Crippen LogP contribution in [0.1, 0.15) is 63.9 Å². The van der Waals surface area contributed by atoms with Gasteiger partial charge >= 0.3 is 0 Å². The lowest BCUT2D eigenvalue weighted by molar-refractivity contribution is 0.0936. The standard InChI is InChI=1S/C23H33ClN4O3/c1-6-28-22(17-13-25-19(31-14(2)3)11-18(17)30-5)20(24)21(27-28)23(29)26-12-16-9-7-15(4)8-10-16/h11,13-16H,6-10,12H2,1-5H3,(H,26,29). The van der Waals surface area contributed by atoms with Crippen molar-refractivity contribution in [2.24, 2.45) is 11.8 Å². The van der Waals surface area contributed by atoms with Gasteiger partial charge in [-0.05, 0) is 45.4 Å². The SMILES string of the molecule is CCn1nc(C(=O)NCC2CCC(C)CC2)c(Cl)c1-c1cnc(OC(C)C)cc1OC. The van der Waals surface area contributed by atoms with Crippen molar-refractivity contribution in [1.82, 2.24) is 20.1 Å². The molecule has 8 heteroatoms. The number of rotatable bonds is 8. The Morgan fingerprint density at radius 2 is 2.03 bits per heavy atom. The van der Waals surface area contributed by atoms with Crippen molar-refractivity contribution in [3.05, 3.63) is 23.0 Å². The largest absolute Gasteiger partial charge is 0.496 e. The van der Waals surface area contributed by atoms with Gasteiger partial charge in [0.2, 0.25) is 5.88 Å². The molecule has 1 fully saturated rings. The van der Waals surface area contributed by atoms with Crippen molar-refractivity contribution in [2.75, 3.05) is 13.7 Å². The minimum atomic E-state index is -0.247. The number of methoxy groups -OCH3 is 1. The van der Waals surface area contributed by atoms with Crippen molar-refractivity contribution < 1.29 is 14.3 Å². The number of aromatic nitrogens is 3. The first-order valence-corrected chi connectivity index (χ1v) is 11.5. The molecule has 1 amide bonds. The number of halogens is 1. The molecule has 31 heavy (non-hydrogen) atoms. The summed E-state index contributed by atoms with van der Waals surface area (Å²) in [7, 11) is 1.58. The van der Waals surface area contributed by atoms with Crippen LogP contribution in [-0.4, -0.2) is 40.4 Å². The summed E-state index contributed by atoms with van der Waals surface area (Å²) in [4.78, 5) is 17.3. The highest BCUT2D eigenvalue weighted by Crippen LogP contribution is 2.38. The van der Waals surface area contributed by atoms with Crippen LogP contribution >= 0.6 is 11.6 Å². The van der Waals surface area contributed by atoms with E-state index < -0.39 is 0 Å². The van der Waals surface area contributed by atoms with Crippen molar-refractivity contribution in [2.45, 2.75) is 66.0 Å². The van der Waals surface area contributed by atoms with Crippen LogP contribution in [0.3, 0.4) is 0 Å². The van der Waals surface area contributed by atoms with Gasteiger partial charge in [-0.3, -0.25) is 9.48 Å². The number of amides is 1. The molecule has 7 nitrogen and oxygen atoms in total. The van der Waals surface area contributed by atoms with Crippen LogP contribution in [0.15, 0.2) is 12.3 Å². The first kappa shape index (κ1) is 23.4. The highest BCUT2D eigenvalue weighted by molar-refractivity contribution is 6.36. The van der Waals surface area contributed by atoms with E-state index in [2.05, 4.69) is 22.3 Å². The van der Waals surface area contributed by atoms with Crippen molar-refractivity contribution in [1.29, 1.82) is 0 Å². The van der Waals surface area contributed by atoms with Gasteiger partial charge < -0.3 is 14.8 Å². The van der Waals surface area contributed by atoms with Gasteiger partial charge in [-0.15, -0.1) is 0 Å². The quantitative estimate of drug-likeness (QED) is 0.616. The Balaban J connectivity index is 1.83. The smallest absolute Gasteiger partial charge is 0.273 e. The second-order valence-corrected chi connectivity index (χ2v) is 8.93. The molecule has 0 spiro atoms. The molecule has 1 N–H and O–H groups in total. The molecule has 1 saturated carbocycles. The lowest BCUT2D eigenvalue weighted by Crippen LogP contribution is -2.31. The van der Waals surface area contributed by atoms with E-state index in [1.54, 1.807) is 24.1 Å². The summed E-state index contributed by atoms with van der Waals surface area (Å²) < 4.78 is 12.9. The molecule has 0 aromatic carbocycles. The Labute approximate surface area is 189 Å². The zero-order chi connectivity index (χ0) is 22.5. The fourth-order valence-corrected chi connectivity index (χ4v) is 4.32. The molecule has 2 aromatic heterocycles. The molecule has 3 rings (SSSR count). The van der Waals surface area contributed by atoms with Gasteiger partial charge in [-0.1, -0.05) is 31.4 Å². The number of nitrogens with zero attached hydrogens (tertiary/aromatic N) is 3. The highest BCUT2D eigenvalue weighted by atomic mass is 35.5. The summed E-state index contributed by atoms with van der Waals surface area (Å²) in [6.45, 7) is 9.32. The molecule has 0 bridgehead atoms. The maximum absolute atomic E-state index is 12.9. The number of hydrogen-bond donors (Lipinski definition) is 1. The van der Waals surface area contributed by atoms with Gasteiger partial charge in [0.15, 0.2) is 5.69 Å². The van der Waals surface area contributed by atoms with E-state index in [0.29, 0.717) is 46.9 Å². The van der Waals surface area contributed by atoms with Crippen LogP contribution in [0.5, 0.6) is 11.6 Å². The van der Waals surface area contributed by atoms with E-state index in [1.165, 1.54) is 12.8 Å². The zero-order valence-electron chi connectivity index (χ0n) is 19.1. The van der Waals surface area contributed by atoms with Gasteiger partial charge in [0, 0.05) is 25.4 Å². The average Bonchev–Trinajstić information content (AvgIpc) is 3.08. The summed E-state index contributed by atoms with van der Waals surface area (Å²) in [6, 6.07) is 1.72. The van der Waals surface area contributed by atoms with Gasteiger partial charge in [0.05, 0.1) is 29.5 Å². The molecule has 0 radical (unpaired) electrons. The number of pyridine rings is 1. The summed E-state index contributed by atoms with van der Waals surface area (Å²) in [5.74, 6) is 2.08. The maximum atomic E-state index is 12.9. The third-order valence-corrected chi connectivity index (χ3v) is 6.13. The molecular weight excluding hydrogens is 416 g/mol. The highest BCUT2D eigenvalue weighted by Gasteiger charge is 2.26. The van der Waals surface area contributed by atoms with E-state index in [4.69, 9.17) is 21.1 Å². The van der Waals surface area contributed by atoms with Crippen LogP contribution in [0.4, 0.5) is 0 Å². The van der Waals surface area contributed by atoms with Crippen LogP contribution in [0.25, 0.3) is 11.3 Å². The van der Waals surface area contributed by atoms with Crippen LogP contribution < -0.4 is 14.8 Å². The number of carbonyl (C=O) groups is 1. The monoisotopic (exact) mass is 448 g/mol. The Morgan fingerprint density at radius 3 is 2.65 bits per heavy atom. The average molecular weight is 449 g/mol. The van der Waals surface area contributed by atoms with E-state index in [1.807, 2.05) is 20.8 Å². The molecule has 170 valence electrons. The Bertz CT molecular complexity index is 904. The molecule has 0 atom stereocenters. The first-order chi connectivity index (χ1) is 14.8. The van der Waals surface area contributed by atoms with Crippen molar-refractivity contribution in [3.8, 4) is 22.9 Å². The number of ether oxygens (including phenoxy) is 2. The molecule has 1 aliphatic rings. The zero-order valence-corrected chi connectivity index (χ0v) is 19.8. The van der Waals surface area contributed by atoms with E-state index >= 15 is 0 Å². The Kier molecular flexibility index (Phi) is 7.81. The molecule has 0 saturated heterocycles. The summed E-state index contributed by atoms with van der Waals surface area (Å²) in [5.41, 5.74) is 1.51. The number of nitrogens with one attached hydrogen (secondary N) is 1. The fourth-order valence-electron chi connectivity index (χ4n) is 4.00. The van der Waals surface area contributed by atoms with Gasteiger partial charge in [-0.25, -0.2) is 4.98 Å². The van der Waals surface area contributed by atoms with E-state index in [0.717, 1.165) is 18.8 Å². The molecule has 2 heterocycles. The predicted molar refractivity (Wildman–Crippen MR) is 122 cm³/mol. The summed E-state index contributed by atoms with van der Waals surface area (Å²) in [6.07, 6.45) is 6.39. The third kappa shape index (κ3) is 5.50. The molecule has 2 aromatic rings. The van der Waals surface area contributed by atoms with Crippen LogP contribution in [0, 0.1) is 11.8 Å². The molecule has 0 aliphatic heterocycles. The van der Waals surface area contributed by atoms with Crippen LogP contribution in [-0.2, 0) is 6.54 Å². The van der Waals surface area contributed by atoms with Crippen molar-refractivity contribution >= 4 is 17.5 Å². The minimum Gasteiger partial charge on any atom is -0.496 e. The first-order valence-electron chi connectivity index (χ1n) is 11.1. The number of hydrogen-bond acceptors (Lipinski definition) is 5. The molecular formula is C23H33ClN4O3. The summed E-state index contributed by atoms with van der Waals surface area (Å²) >= 11 is 6.67. The molecule has 0 unspecified atom stereocenters. The van der Waals surface area contributed by atoms with Gasteiger partial charge in [0.25, 0.3) is 5.91 Å². The fraction of sp³-hybridized carbons (Fsp3) is 0.609. The normalized spacial score (nSPS) is 18.8. The van der Waals surface area contributed by atoms with E-state index in [-0.39, 0.29) is 17.7 Å². The topological polar surface area (TPSA) is 78.3 Å². The lowest BCUT2D eigenvalue weighted by atomic mass is 9.83. The predicted octanol–water partition coefficient (Wildman–Crippen LogP) is 4.97. The second kappa shape index (κ2) is 10.4. The maximum Gasteiger partial charge on any atom is 0.273 e. The van der Waals surface area contributed by atoms with Gasteiger partial charge in [0.1, 0.15) is 5.75 Å². The molecule has 1 aliphatic carbocycles. The number of aryl methyl sites for hydroxylation is 1. The third-order valence-electron chi connectivity index (χ3n) is 5.77. The Morgan fingerprint density at radius 1 is 1.32 bits per heavy atom. The Hall–Kier alpha value is -2.28. The van der Waals surface area contributed by atoms with Crippen LogP contribution in [0.2, 0.25) is 5.02 Å².